The summed E-state index contributed by atoms with van der Waals surface area (Å²) in [7, 11) is 0. The number of benzene rings is 2. The number of nitro benzene ring substituents is 1. The molecular formula is C17H10ClN3O7. The van der Waals surface area contributed by atoms with Crippen molar-refractivity contribution >= 4 is 46.9 Å². The molecule has 1 heterocycles. The molecular weight excluding hydrogens is 394 g/mol. The number of hydrogen-bond acceptors (Lipinski definition) is 7. The van der Waals surface area contributed by atoms with Crippen molar-refractivity contribution in [2.24, 2.45) is 0 Å². The number of imide groups is 2. The lowest BCUT2D eigenvalue weighted by Gasteiger charge is -2.26. The van der Waals surface area contributed by atoms with Crippen LogP contribution in [0.2, 0.25) is 5.02 Å². The minimum atomic E-state index is -1.05. The van der Waals surface area contributed by atoms with Gasteiger partial charge in [0.1, 0.15) is 11.3 Å². The number of aromatic hydroxyl groups is 2. The largest absolute Gasteiger partial charge is 0.507 e. The molecule has 2 aromatic carbocycles. The molecule has 0 radical (unpaired) electrons. The van der Waals surface area contributed by atoms with Gasteiger partial charge >= 0.3 is 11.7 Å². The number of phenols is 2. The topological polar surface area (TPSA) is 150 Å². The van der Waals surface area contributed by atoms with E-state index in [0.29, 0.717) is 16.0 Å². The van der Waals surface area contributed by atoms with Gasteiger partial charge in [-0.25, -0.2) is 9.69 Å². The molecule has 0 aromatic heterocycles. The Kier molecular flexibility index (Phi) is 4.72. The Morgan fingerprint density at radius 2 is 1.71 bits per heavy atom. The van der Waals surface area contributed by atoms with E-state index in [2.05, 4.69) is 0 Å². The van der Waals surface area contributed by atoms with Crippen LogP contribution in [0.5, 0.6) is 11.5 Å². The molecule has 3 N–H and O–H groups in total. The van der Waals surface area contributed by atoms with E-state index in [1.165, 1.54) is 24.3 Å². The SMILES string of the molecule is O=C1NC(=O)N(c2ccc(Cl)cc2)C(=O)/C1=C/c1cc([N+](=O)[O-])c(O)cc1O. The van der Waals surface area contributed by atoms with Crippen LogP contribution in [0.25, 0.3) is 6.08 Å². The van der Waals surface area contributed by atoms with E-state index in [4.69, 9.17) is 11.6 Å². The van der Waals surface area contributed by atoms with Gasteiger partial charge in [-0.3, -0.25) is 25.0 Å². The summed E-state index contributed by atoms with van der Waals surface area (Å²) in [5.74, 6) is -3.45. The first kappa shape index (κ1) is 18.9. The summed E-state index contributed by atoms with van der Waals surface area (Å²) < 4.78 is 0. The summed E-state index contributed by atoms with van der Waals surface area (Å²) >= 11 is 5.78. The van der Waals surface area contributed by atoms with E-state index in [1.807, 2.05) is 5.32 Å². The molecule has 1 saturated heterocycles. The number of nitro groups is 1. The molecule has 0 unspecified atom stereocenters. The minimum absolute atomic E-state index is 0.131. The van der Waals surface area contributed by atoms with Gasteiger partial charge in [0, 0.05) is 22.7 Å². The van der Waals surface area contributed by atoms with Crippen LogP contribution in [0.3, 0.4) is 0 Å². The Morgan fingerprint density at radius 1 is 1.07 bits per heavy atom. The lowest BCUT2D eigenvalue weighted by molar-refractivity contribution is -0.385. The number of rotatable bonds is 3. The number of phenolic OH excluding ortho intramolecular Hbond substituents is 2. The van der Waals surface area contributed by atoms with Gasteiger partial charge < -0.3 is 10.2 Å². The second-order valence-electron chi connectivity index (χ2n) is 5.59. The van der Waals surface area contributed by atoms with Gasteiger partial charge in [-0.05, 0) is 30.3 Å². The normalized spacial score (nSPS) is 15.7. The fourth-order valence-corrected chi connectivity index (χ4v) is 2.61. The lowest BCUT2D eigenvalue weighted by Crippen LogP contribution is -2.54. The monoisotopic (exact) mass is 403 g/mol. The molecule has 0 aliphatic carbocycles. The van der Waals surface area contributed by atoms with Gasteiger partial charge in [-0.15, -0.1) is 0 Å². The van der Waals surface area contributed by atoms with Crippen LogP contribution in [0.15, 0.2) is 42.0 Å². The van der Waals surface area contributed by atoms with Gasteiger partial charge in [-0.1, -0.05) is 11.6 Å². The number of nitrogens with one attached hydrogen (secondary N) is 1. The average Bonchev–Trinajstić information content (AvgIpc) is 2.61. The first-order chi connectivity index (χ1) is 13.2. The van der Waals surface area contributed by atoms with Crippen molar-refractivity contribution in [2.45, 2.75) is 0 Å². The molecule has 1 fully saturated rings. The van der Waals surface area contributed by atoms with E-state index < -0.39 is 45.5 Å². The molecule has 0 spiro atoms. The maximum atomic E-state index is 12.7. The molecule has 11 heteroatoms. The molecule has 28 heavy (non-hydrogen) atoms. The molecule has 4 amide bonds. The predicted molar refractivity (Wildman–Crippen MR) is 96.9 cm³/mol. The molecule has 1 aliphatic heterocycles. The summed E-state index contributed by atoms with van der Waals surface area (Å²) in [6, 6.07) is 6.15. The highest BCUT2D eigenvalue weighted by Gasteiger charge is 2.37. The Hall–Kier alpha value is -3.92. The number of carbonyl (C=O) groups excluding carboxylic acids is 3. The van der Waals surface area contributed by atoms with Crippen molar-refractivity contribution in [1.82, 2.24) is 5.32 Å². The van der Waals surface area contributed by atoms with Gasteiger partial charge in [0.05, 0.1) is 10.6 Å². The van der Waals surface area contributed by atoms with E-state index in [0.717, 1.165) is 12.1 Å². The molecule has 0 atom stereocenters. The molecule has 0 saturated carbocycles. The molecule has 142 valence electrons. The Balaban J connectivity index is 2.08. The fraction of sp³-hybridized carbons (Fsp3) is 0. The van der Waals surface area contributed by atoms with Crippen molar-refractivity contribution in [3.8, 4) is 11.5 Å². The zero-order valence-electron chi connectivity index (χ0n) is 13.7. The van der Waals surface area contributed by atoms with Gasteiger partial charge in [0.25, 0.3) is 11.8 Å². The number of hydrogen-bond donors (Lipinski definition) is 3. The maximum Gasteiger partial charge on any atom is 0.335 e. The molecule has 2 aromatic rings. The summed E-state index contributed by atoms with van der Waals surface area (Å²) in [4.78, 5) is 47.6. The first-order valence-electron chi connectivity index (χ1n) is 7.56. The number of halogens is 1. The molecule has 10 nitrogen and oxygen atoms in total. The molecule has 3 rings (SSSR count). The zero-order chi connectivity index (χ0) is 20.6. The summed E-state index contributed by atoms with van der Waals surface area (Å²) in [6.45, 7) is 0. The first-order valence-corrected chi connectivity index (χ1v) is 7.94. The number of barbiturate groups is 1. The van der Waals surface area contributed by atoms with Crippen LogP contribution in [-0.4, -0.2) is 33.0 Å². The zero-order valence-corrected chi connectivity index (χ0v) is 14.5. The summed E-state index contributed by atoms with van der Waals surface area (Å²) in [6.07, 6.45) is 0.884. The van der Waals surface area contributed by atoms with Gasteiger partial charge in [0.2, 0.25) is 0 Å². The Labute approximate surface area is 161 Å². The highest BCUT2D eigenvalue weighted by atomic mass is 35.5. The minimum Gasteiger partial charge on any atom is -0.507 e. The van der Waals surface area contributed by atoms with Crippen LogP contribution in [0, 0.1) is 10.1 Å². The third-order valence-corrected chi connectivity index (χ3v) is 4.06. The van der Waals surface area contributed by atoms with E-state index in [9.17, 15) is 34.7 Å². The fourth-order valence-electron chi connectivity index (χ4n) is 2.48. The van der Waals surface area contributed by atoms with E-state index >= 15 is 0 Å². The molecule has 0 bridgehead atoms. The molecule has 1 aliphatic rings. The van der Waals surface area contributed by atoms with Crippen LogP contribution >= 0.6 is 11.6 Å². The Morgan fingerprint density at radius 3 is 2.32 bits per heavy atom. The van der Waals surface area contributed by atoms with Crippen molar-refractivity contribution < 1.29 is 29.5 Å². The quantitative estimate of drug-likeness (QED) is 0.308. The highest BCUT2D eigenvalue weighted by molar-refractivity contribution is 6.39. The predicted octanol–water partition coefficient (Wildman–Crippen LogP) is 2.33. The number of amides is 4. The van der Waals surface area contributed by atoms with Crippen molar-refractivity contribution in [3.05, 3.63) is 62.7 Å². The van der Waals surface area contributed by atoms with E-state index in [1.54, 1.807) is 0 Å². The van der Waals surface area contributed by atoms with Crippen molar-refractivity contribution in [3.63, 3.8) is 0 Å². The second kappa shape index (κ2) is 7.00. The third kappa shape index (κ3) is 3.35. The van der Waals surface area contributed by atoms with Crippen LogP contribution in [-0.2, 0) is 9.59 Å². The third-order valence-electron chi connectivity index (χ3n) is 3.81. The van der Waals surface area contributed by atoms with E-state index in [-0.39, 0.29) is 11.3 Å². The lowest BCUT2D eigenvalue weighted by atomic mass is 10.0. The number of urea groups is 1. The number of nitrogens with zero attached hydrogens (tertiary/aromatic N) is 2. The second-order valence-corrected chi connectivity index (χ2v) is 6.03. The Bertz CT molecular complexity index is 1060. The smallest absolute Gasteiger partial charge is 0.335 e. The van der Waals surface area contributed by atoms with Crippen molar-refractivity contribution in [1.29, 1.82) is 0 Å². The van der Waals surface area contributed by atoms with Gasteiger partial charge in [-0.2, -0.15) is 0 Å². The number of anilines is 1. The van der Waals surface area contributed by atoms with Crippen LogP contribution < -0.4 is 10.2 Å². The standard InChI is InChI=1S/C17H10ClN3O7/c18-9-1-3-10(4-2-9)20-16(25)11(15(24)19-17(20)26)5-8-6-12(21(27)28)14(23)7-13(8)22/h1-7,22-23H,(H,19,24,26)/b11-5+. The van der Waals surface area contributed by atoms with Crippen LogP contribution in [0.1, 0.15) is 5.56 Å². The van der Waals surface area contributed by atoms with Crippen LogP contribution in [0.4, 0.5) is 16.2 Å². The van der Waals surface area contributed by atoms with Gasteiger partial charge in [0.15, 0.2) is 5.75 Å². The maximum absolute atomic E-state index is 12.7. The highest BCUT2D eigenvalue weighted by Crippen LogP contribution is 2.34. The number of carbonyl (C=O) groups is 3. The average molecular weight is 404 g/mol. The summed E-state index contributed by atoms with van der Waals surface area (Å²) in [5, 5.41) is 32.7. The summed E-state index contributed by atoms with van der Waals surface area (Å²) in [5.41, 5.74) is -1.43. The van der Waals surface area contributed by atoms with Crippen molar-refractivity contribution in [2.75, 3.05) is 4.90 Å².